The first kappa shape index (κ1) is 37.8. The molecule has 0 saturated carbocycles. The van der Waals surface area contributed by atoms with E-state index >= 15 is 0 Å². The van der Waals surface area contributed by atoms with Crippen LogP contribution in [0.4, 0.5) is 0 Å². The van der Waals surface area contributed by atoms with Crippen LogP contribution in [0.3, 0.4) is 0 Å². The standard InChI is InChI=1S/C21H29N7O.C15H24N2O2S/c1-21(2,3)17-11-15-13-28(20(29)27-18(15)26-17)16-7-5-14(6-8-16)12-24-9-4-10-25-19(22)23;1-15(2,3)12-4-6-14(7-5-12)20(18,19)17-13-8-10-16-11-9-13/h5-8,11,13,24H,4,9-10,12H2,1-3H3,(H4,22,23,25)(H,26,27,29);4-7,13,16-17H,8-11H2,1-3H3. The number of piperidine rings is 1. The van der Waals surface area contributed by atoms with Gasteiger partial charge in [0, 0.05) is 41.8 Å². The van der Waals surface area contributed by atoms with Crippen LogP contribution in [0.15, 0.2) is 75.5 Å². The van der Waals surface area contributed by atoms with Crippen molar-refractivity contribution in [1.82, 2.24) is 29.9 Å². The zero-order chi connectivity index (χ0) is 35.8. The SMILES string of the molecule is CC(C)(C)c1cc2cn(-c3ccc(CNCCCN=C(N)N)cc3)c(=O)nc2[nH]1.CC(C)(C)c1ccc(S(=O)(=O)NC2CCNCC2)cc1. The number of sulfonamides is 1. The van der Waals surface area contributed by atoms with E-state index in [0.29, 0.717) is 17.1 Å². The molecule has 0 unspecified atom stereocenters. The Balaban J connectivity index is 0.000000237. The third-order valence-electron chi connectivity index (χ3n) is 8.36. The van der Waals surface area contributed by atoms with Gasteiger partial charge in [0.1, 0.15) is 5.65 Å². The summed E-state index contributed by atoms with van der Waals surface area (Å²) in [6, 6.07) is 17.2. The number of nitrogens with zero attached hydrogens (tertiary/aromatic N) is 3. The molecule has 0 bridgehead atoms. The lowest BCUT2D eigenvalue weighted by atomic mass is 9.87. The summed E-state index contributed by atoms with van der Waals surface area (Å²) in [4.78, 5) is 24.3. The van der Waals surface area contributed by atoms with Gasteiger partial charge in [0.25, 0.3) is 0 Å². The lowest BCUT2D eigenvalue weighted by molar-refractivity contribution is 0.427. The quantitative estimate of drug-likeness (QED) is 0.0824. The second-order valence-corrected chi connectivity index (χ2v) is 16.3. The third kappa shape index (κ3) is 11.0. The second kappa shape index (κ2) is 16.1. The summed E-state index contributed by atoms with van der Waals surface area (Å²) in [5, 5.41) is 7.50. The molecule has 0 spiro atoms. The van der Waals surface area contributed by atoms with Crippen molar-refractivity contribution in [2.24, 2.45) is 16.5 Å². The van der Waals surface area contributed by atoms with Gasteiger partial charge < -0.3 is 27.1 Å². The number of H-pyrrole nitrogens is 1. The Morgan fingerprint density at radius 3 is 2.22 bits per heavy atom. The van der Waals surface area contributed by atoms with Crippen LogP contribution in [-0.2, 0) is 27.4 Å². The van der Waals surface area contributed by atoms with Gasteiger partial charge in [-0.3, -0.25) is 9.56 Å². The molecule has 5 rings (SSSR count). The molecule has 1 aliphatic heterocycles. The van der Waals surface area contributed by atoms with Crippen molar-refractivity contribution < 1.29 is 8.42 Å². The zero-order valence-corrected chi connectivity index (χ0v) is 30.5. The van der Waals surface area contributed by atoms with Gasteiger partial charge in [0.15, 0.2) is 5.96 Å². The van der Waals surface area contributed by atoms with E-state index in [1.165, 1.54) is 0 Å². The highest BCUT2D eigenvalue weighted by molar-refractivity contribution is 7.89. The van der Waals surface area contributed by atoms with E-state index in [-0.39, 0.29) is 28.5 Å². The number of hydrogen-bond acceptors (Lipinski definition) is 7. The van der Waals surface area contributed by atoms with E-state index in [4.69, 9.17) is 11.5 Å². The predicted molar refractivity (Wildman–Crippen MR) is 199 cm³/mol. The molecular weight excluding hydrogens is 639 g/mol. The van der Waals surface area contributed by atoms with Gasteiger partial charge >= 0.3 is 5.69 Å². The number of hydrogen-bond donors (Lipinski definition) is 6. The Bertz CT molecular complexity index is 1860. The van der Waals surface area contributed by atoms with Gasteiger partial charge in [-0.2, -0.15) is 4.98 Å². The lowest BCUT2D eigenvalue weighted by Gasteiger charge is -2.24. The number of guanidine groups is 1. The van der Waals surface area contributed by atoms with Crippen LogP contribution in [0.5, 0.6) is 0 Å². The zero-order valence-electron chi connectivity index (χ0n) is 29.6. The number of aliphatic imine (C=N–C) groups is 1. The van der Waals surface area contributed by atoms with Gasteiger partial charge in [0.05, 0.1) is 10.6 Å². The van der Waals surface area contributed by atoms with Crippen molar-refractivity contribution in [1.29, 1.82) is 0 Å². The van der Waals surface area contributed by atoms with Gasteiger partial charge in [-0.05, 0) is 85.8 Å². The van der Waals surface area contributed by atoms with E-state index in [0.717, 1.165) is 73.3 Å². The molecule has 3 heterocycles. The first-order chi connectivity index (χ1) is 23.0. The first-order valence-corrected chi connectivity index (χ1v) is 18.3. The van der Waals surface area contributed by atoms with Crippen molar-refractivity contribution in [3.8, 4) is 5.69 Å². The van der Waals surface area contributed by atoms with Crippen molar-refractivity contribution in [3.63, 3.8) is 0 Å². The topological polar surface area (TPSA) is 185 Å². The van der Waals surface area contributed by atoms with Gasteiger partial charge in [-0.15, -0.1) is 0 Å². The molecule has 1 saturated heterocycles. The minimum atomic E-state index is -3.40. The fourth-order valence-electron chi connectivity index (χ4n) is 5.36. The maximum atomic E-state index is 12.5. The predicted octanol–water partition coefficient (Wildman–Crippen LogP) is 3.78. The molecule has 13 heteroatoms. The van der Waals surface area contributed by atoms with Crippen molar-refractivity contribution in [3.05, 3.63) is 88.1 Å². The molecule has 0 atom stereocenters. The summed E-state index contributed by atoms with van der Waals surface area (Å²) in [5.74, 6) is 0.123. The number of nitrogens with two attached hydrogens (primary N) is 2. The maximum Gasteiger partial charge on any atom is 0.354 e. The van der Waals surface area contributed by atoms with E-state index in [1.54, 1.807) is 16.7 Å². The molecule has 12 nitrogen and oxygen atoms in total. The molecule has 2 aromatic heterocycles. The molecule has 0 amide bonds. The number of nitrogens with one attached hydrogen (secondary N) is 4. The second-order valence-electron chi connectivity index (χ2n) is 14.6. The van der Waals surface area contributed by atoms with Crippen LogP contribution in [0.2, 0.25) is 0 Å². The molecule has 1 aliphatic rings. The molecular formula is C36H53N9O3S. The molecule has 1 fully saturated rings. The monoisotopic (exact) mass is 691 g/mol. The Morgan fingerprint density at radius 2 is 1.63 bits per heavy atom. The molecule has 0 aliphatic carbocycles. The number of aromatic nitrogens is 3. The normalized spacial score (nSPS) is 14.3. The summed E-state index contributed by atoms with van der Waals surface area (Å²) in [6.45, 7) is 16.6. The Kier molecular flexibility index (Phi) is 12.4. The minimum absolute atomic E-state index is 0.0325. The van der Waals surface area contributed by atoms with Crippen LogP contribution in [0.25, 0.3) is 16.7 Å². The first-order valence-electron chi connectivity index (χ1n) is 16.8. The van der Waals surface area contributed by atoms with Crippen LogP contribution in [0, 0.1) is 0 Å². The number of benzene rings is 2. The van der Waals surface area contributed by atoms with Gasteiger partial charge in [0.2, 0.25) is 10.0 Å². The average Bonchev–Trinajstić information content (AvgIpc) is 3.47. The molecule has 4 aromatic rings. The van der Waals surface area contributed by atoms with Gasteiger partial charge in [-0.25, -0.2) is 17.9 Å². The Hall–Kier alpha value is -4.04. The lowest BCUT2D eigenvalue weighted by Crippen LogP contribution is -2.42. The average molecular weight is 692 g/mol. The summed E-state index contributed by atoms with van der Waals surface area (Å²) in [7, 11) is -3.40. The van der Waals surface area contributed by atoms with Crippen molar-refractivity contribution in [2.75, 3.05) is 26.2 Å². The summed E-state index contributed by atoms with van der Waals surface area (Å²) in [5.41, 5.74) is 15.0. The van der Waals surface area contributed by atoms with Crippen LogP contribution in [0.1, 0.15) is 77.6 Å². The molecule has 8 N–H and O–H groups in total. The molecule has 0 radical (unpaired) electrons. The van der Waals surface area contributed by atoms with E-state index in [2.05, 4.69) is 77.9 Å². The van der Waals surface area contributed by atoms with Crippen LogP contribution < -0.4 is 32.5 Å². The number of rotatable bonds is 10. The fraction of sp³-hybridized carbons (Fsp3) is 0.472. The van der Waals surface area contributed by atoms with E-state index in [1.807, 2.05) is 42.6 Å². The minimum Gasteiger partial charge on any atom is -0.370 e. The van der Waals surface area contributed by atoms with E-state index in [9.17, 15) is 13.2 Å². The fourth-order valence-corrected chi connectivity index (χ4v) is 6.67. The Morgan fingerprint density at radius 1 is 0.980 bits per heavy atom. The van der Waals surface area contributed by atoms with Crippen molar-refractivity contribution >= 4 is 27.0 Å². The van der Waals surface area contributed by atoms with Gasteiger partial charge in [-0.1, -0.05) is 65.8 Å². The highest BCUT2D eigenvalue weighted by atomic mass is 32.2. The smallest absolute Gasteiger partial charge is 0.354 e. The summed E-state index contributed by atoms with van der Waals surface area (Å²) in [6.07, 6.45) is 4.40. The highest BCUT2D eigenvalue weighted by Gasteiger charge is 2.23. The largest absolute Gasteiger partial charge is 0.370 e. The summed E-state index contributed by atoms with van der Waals surface area (Å²) >= 11 is 0. The third-order valence-corrected chi connectivity index (χ3v) is 9.89. The Labute approximate surface area is 290 Å². The number of aromatic amines is 1. The molecule has 2 aromatic carbocycles. The van der Waals surface area contributed by atoms with Crippen LogP contribution in [-0.4, -0.2) is 61.1 Å². The molecule has 266 valence electrons. The maximum absolute atomic E-state index is 12.5. The van der Waals surface area contributed by atoms with E-state index < -0.39 is 10.0 Å². The van der Waals surface area contributed by atoms with Crippen LogP contribution >= 0.6 is 0 Å². The molecule has 49 heavy (non-hydrogen) atoms. The highest BCUT2D eigenvalue weighted by Crippen LogP contribution is 2.25. The number of fused-ring (bicyclic) bond motifs is 1. The van der Waals surface area contributed by atoms with Crippen molar-refractivity contribution in [2.45, 2.75) is 89.1 Å². The summed E-state index contributed by atoms with van der Waals surface area (Å²) < 4.78 is 29.0.